The number of anilines is 1. The summed E-state index contributed by atoms with van der Waals surface area (Å²) in [6, 6.07) is 4.12. The lowest BCUT2D eigenvalue weighted by atomic mass is 10.1. The lowest BCUT2D eigenvalue weighted by Gasteiger charge is -2.24. The minimum atomic E-state index is -0.822. The first-order valence-corrected chi connectivity index (χ1v) is 8.51. The van der Waals surface area contributed by atoms with Crippen molar-refractivity contribution in [2.75, 3.05) is 5.32 Å². The fourth-order valence-corrected chi connectivity index (χ4v) is 3.15. The van der Waals surface area contributed by atoms with Crippen molar-refractivity contribution in [3.05, 3.63) is 34.4 Å². The first-order valence-electron chi connectivity index (χ1n) is 8.51. The normalized spacial score (nSPS) is 16.7. The Kier molecular flexibility index (Phi) is 5.03. The first-order chi connectivity index (χ1) is 12.9. The Balaban J connectivity index is 2.09. The quantitative estimate of drug-likeness (QED) is 0.620. The number of imide groups is 1. The minimum absolute atomic E-state index is 0.132. The van der Waals surface area contributed by atoms with Gasteiger partial charge >= 0.3 is 0 Å². The average Bonchev–Trinajstić information content (AvgIpc) is 2.61. The molecule has 3 amide bonds. The van der Waals surface area contributed by atoms with Crippen LogP contribution in [0.5, 0.6) is 0 Å². The van der Waals surface area contributed by atoms with Gasteiger partial charge < -0.3 is 5.32 Å². The molecule has 1 fully saturated rings. The predicted octanol–water partition coefficient (Wildman–Crippen LogP) is 1.03. The van der Waals surface area contributed by atoms with Crippen molar-refractivity contribution in [1.82, 2.24) is 14.9 Å². The summed E-state index contributed by atoms with van der Waals surface area (Å²) in [7, 11) is 0. The van der Waals surface area contributed by atoms with Crippen LogP contribution in [0.2, 0.25) is 0 Å². The van der Waals surface area contributed by atoms with E-state index in [0.29, 0.717) is 17.0 Å². The lowest BCUT2D eigenvalue weighted by Crippen LogP contribution is -2.45. The molecule has 8 nitrogen and oxygen atoms in total. The van der Waals surface area contributed by atoms with Gasteiger partial charge in [0.1, 0.15) is 11.9 Å². The van der Waals surface area contributed by atoms with E-state index in [9.17, 15) is 19.2 Å². The Morgan fingerprint density at radius 2 is 2.19 bits per heavy atom. The van der Waals surface area contributed by atoms with E-state index in [2.05, 4.69) is 21.5 Å². The number of carbonyl (C=O) groups is 3. The van der Waals surface area contributed by atoms with Crippen LogP contribution in [0.3, 0.4) is 0 Å². The number of terminal acetylenes is 1. The molecule has 0 saturated carbocycles. The van der Waals surface area contributed by atoms with Gasteiger partial charge in [-0.15, -0.1) is 12.3 Å². The molecule has 0 spiro atoms. The molecular weight excluding hydrogens is 348 g/mol. The maximum absolute atomic E-state index is 13.2. The molecule has 1 aromatic carbocycles. The SMILES string of the molecule is C#CCCC(=O)Nc1cccc2nc(C)n(C3CCC(=O)NC3=O)c(=O)c12. The highest BCUT2D eigenvalue weighted by Gasteiger charge is 2.30. The van der Waals surface area contributed by atoms with Gasteiger partial charge in [-0.25, -0.2) is 4.98 Å². The van der Waals surface area contributed by atoms with E-state index >= 15 is 0 Å². The van der Waals surface area contributed by atoms with Gasteiger partial charge in [-0.1, -0.05) is 6.07 Å². The number of carbonyl (C=O) groups excluding carboxylic acids is 3. The topological polar surface area (TPSA) is 110 Å². The van der Waals surface area contributed by atoms with Crippen LogP contribution in [-0.4, -0.2) is 27.3 Å². The van der Waals surface area contributed by atoms with Crippen molar-refractivity contribution in [2.24, 2.45) is 0 Å². The number of fused-ring (bicyclic) bond motifs is 1. The summed E-state index contributed by atoms with van der Waals surface area (Å²) in [5, 5.41) is 5.14. The number of nitrogens with zero attached hydrogens (tertiary/aromatic N) is 2. The van der Waals surface area contributed by atoms with Gasteiger partial charge in [0.25, 0.3) is 5.56 Å². The molecule has 1 atom stereocenters. The fraction of sp³-hybridized carbons (Fsp3) is 0.316. The van der Waals surface area contributed by atoms with Crippen LogP contribution in [0.15, 0.2) is 23.0 Å². The molecule has 2 heterocycles. The molecule has 0 aliphatic carbocycles. The molecule has 2 N–H and O–H groups in total. The summed E-state index contributed by atoms with van der Waals surface area (Å²) in [6.45, 7) is 1.63. The van der Waals surface area contributed by atoms with Crippen LogP contribution in [0, 0.1) is 19.3 Å². The van der Waals surface area contributed by atoms with Crippen molar-refractivity contribution < 1.29 is 14.4 Å². The van der Waals surface area contributed by atoms with Crippen LogP contribution < -0.4 is 16.2 Å². The highest BCUT2D eigenvalue weighted by molar-refractivity contribution is 6.01. The van der Waals surface area contributed by atoms with Gasteiger partial charge in [0.15, 0.2) is 0 Å². The molecule has 2 aromatic rings. The number of aryl methyl sites for hydroxylation is 1. The van der Waals surface area contributed by atoms with E-state index in [1.807, 2.05) is 0 Å². The summed E-state index contributed by atoms with van der Waals surface area (Å²) in [5.41, 5.74) is 0.281. The number of benzene rings is 1. The van der Waals surface area contributed by atoms with Crippen LogP contribution in [0.1, 0.15) is 37.5 Å². The number of hydrogen-bond donors (Lipinski definition) is 2. The number of aromatic nitrogens is 2. The van der Waals surface area contributed by atoms with E-state index in [1.165, 1.54) is 4.57 Å². The second kappa shape index (κ2) is 7.41. The predicted molar refractivity (Wildman–Crippen MR) is 98.9 cm³/mol. The van der Waals surface area contributed by atoms with Crippen LogP contribution >= 0.6 is 0 Å². The average molecular weight is 366 g/mol. The third-order valence-corrected chi connectivity index (χ3v) is 4.40. The van der Waals surface area contributed by atoms with Gasteiger partial charge in [0.2, 0.25) is 17.7 Å². The molecule has 1 saturated heterocycles. The molecule has 1 unspecified atom stereocenters. The monoisotopic (exact) mass is 366 g/mol. The molecule has 3 rings (SSSR count). The van der Waals surface area contributed by atoms with E-state index in [4.69, 9.17) is 6.42 Å². The Morgan fingerprint density at radius 3 is 2.89 bits per heavy atom. The maximum Gasteiger partial charge on any atom is 0.264 e. The molecule has 1 aromatic heterocycles. The highest BCUT2D eigenvalue weighted by Crippen LogP contribution is 2.23. The summed E-state index contributed by atoms with van der Waals surface area (Å²) in [6.07, 6.45) is 5.95. The van der Waals surface area contributed by atoms with E-state index in [-0.39, 0.29) is 42.9 Å². The zero-order valence-corrected chi connectivity index (χ0v) is 14.7. The molecule has 138 valence electrons. The van der Waals surface area contributed by atoms with Gasteiger partial charge in [-0.2, -0.15) is 0 Å². The number of rotatable bonds is 4. The number of hydrogen-bond acceptors (Lipinski definition) is 5. The Labute approximate surface area is 155 Å². The highest BCUT2D eigenvalue weighted by atomic mass is 16.2. The van der Waals surface area contributed by atoms with E-state index in [1.54, 1.807) is 25.1 Å². The Bertz CT molecular complexity index is 1050. The number of nitrogens with one attached hydrogen (secondary N) is 2. The summed E-state index contributed by atoms with van der Waals surface area (Å²) in [5.74, 6) is 1.54. The largest absolute Gasteiger partial charge is 0.325 e. The zero-order valence-electron chi connectivity index (χ0n) is 14.7. The lowest BCUT2D eigenvalue weighted by molar-refractivity contribution is -0.135. The van der Waals surface area contributed by atoms with Crippen molar-refractivity contribution in [2.45, 2.75) is 38.6 Å². The zero-order chi connectivity index (χ0) is 19.6. The molecular formula is C19H18N4O4. The summed E-state index contributed by atoms with van der Waals surface area (Å²) < 4.78 is 1.28. The third kappa shape index (κ3) is 3.58. The molecule has 8 heteroatoms. The standard InChI is InChI=1S/C19H18N4O4/c1-3-4-8-15(24)21-13-7-5-6-12-17(13)19(27)23(11(2)20-12)14-9-10-16(25)22-18(14)26/h1,5-7,14H,4,8-10H2,2H3,(H,21,24)(H,22,25,26). The second-order valence-corrected chi connectivity index (χ2v) is 6.25. The summed E-state index contributed by atoms with van der Waals surface area (Å²) >= 11 is 0. The van der Waals surface area contributed by atoms with Crippen molar-refractivity contribution in [3.8, 4) is 12.3 Å². The van der Waals surface area contributed by atoms with Crippen molar-refractivity contribution in [3.63, 3.8) is 0 Å². The third-order valence-electron chi connectivity index (χ3n) is 4.40. The van der Waals surface area contributed by atoms with Crippen molar-refractivity contribution >= 4 is 34.3 Å². The smallest absolute Gasteiger partial charge is 0.264 e. The second-order valence-electron chi connectivity index (χ2n) is 6.25. The number of amides is 3. The Hall–Kier alpha value is -3.47. The summed E-state index contributed by atoms with van der Waals surface area (Å²) in [4.78, 5) is 53.2. The number of piperidine rings is 1. The molecule has 0 radical (unpaired) electrons. The van der Waals surface area contributed by atoms with Crippen LogP contribution in [0.25, 0.3) is 10.9 Å². The van der Waals surface area contributed by atoms with Crippen LogP contribution in [-0.2, 0) is 14.4 Å². The van der Waals surface area contributed by atoms with Gasteiger partial charge in [0, 0.05) is 19.3 Å². The molecule has 27 heavy (non-hydrogen) atoms. The van der Waals surface area contributed by atoms with Gasteiger partial charge in [-0.3, -0.25) is 29.1 Å². The molecule has 1 aliphatic heterocycles. The van der Waals surface area contributed by atoms with E-state index < -0.39 is 17.5 Å². The Morgan fingerprint density at radius 1 is 1.41 bits per heavy atom. The van der Waals surface area contributed by atoms with Crippen LogP contribution in [0.4, 0.5) is 5.69 Å². The van der Waals surface area contributed by atoms with Gasteiger partial charge in [-0.05, 0) is 25.5 Å². The van der Waals surface area contributed by atoms with E-state index in [0.717, 1.165) is 0 Å². The fourth-order valence-electron chi connectivity index (χ4n) is 3.15. The maximum atomic E-state index is 13.2. The van der Waals surface area contributed by atoms with Gasteiger partial charge in [0.05, 0.1) is 16.6 Å². The van der Waals surface area contributed by atoms with Crippen molar-refractivity contribution in [1.29, 1.82) is 0 Å². The molecule has 0 bridgehead atoms. The minimum Gasteiger partial charge on any atom is -0.325 e. The first kappa shape index (κ1) is 18.3. The molecule has 1 aliphatic rings.